The number of hydrogen-bond donors (Lipinski definition) is 2. The molecule has 2 aliphatic heterocycles. The molecule has 2 aromatic rings. The fourth-order valence-electron chi connectivity index (χ4n) is 4.21. The standard InChI is InChI=1S/C20H24N4O4/c1-27-15-6-14(7-16(8-15)28-2)22-20(26)23-9-12-5-13(11-23)18-4-3-17(21)19(25)24(18)10-12/h3-4,6-8,12-13H,5,9-11,21H2,1-2H3,(H,22,26). The number of likely N-dealkylation sites (tertiary alicyclic amines) is 1. The molecule has 0 radical (unpaired) electrons. The summed E-state index contributed by atoms with van der Waals surface area (Å²) in [4.78, 5) is 27.0. The van der Waals surface area contributed by atoms with Crippen LogP contribution in [0.3, 0.4) is 0 Å². The van der Waals surface area contributed by atoms with Gasteiger partial charge in [0.05, 0.1) is 19.9 Å². The Hall–Kier alpha value is -3.16. The second-order valence-corrected chi connectivity index (χ2v) is 7.36. The third kappa shape index (κ3) is 3.26. The molecule has 1 aromatic heterocycles. The van der Waals surface area contributed by atoms with Gasteiger partial charge in [0.15, 0.2) is 0 Å². The minimum atomic E-state index is -0.170. The van der Waals surface area contributed by atoms with Gasteiger partial charge < -0.3 is 30.0 Å². The summed E-state index contributed by atoms with van der Waals surface area (Å²) in [6, 6.07) is 8.66. The number of piperidine rings is 1. The quantitative estimate of drug-likeness (QED) is 0.844. The smallest absolute Gasteiger partial charge is 0.321 e. The van der Waals surface area contributed by atoms with Gasteiger partial charge in [-0.3, -0.25) is 4.79 Å². The van der Waals surface area contributed by atoms with Crippen LogP contribution in [0.5, 0.6) is 11.5 Å². The molecule has 0 saturated carbocycles. The molecule has 4 rings (SSSR count). The number of fused-ring (bicyclic) bond motifs is 4. The number of urea groups is 1. The van der Waals surface area contributed by atoms with Gasteiger partial charge in [-0.25, -0.2) is 4.79 Å². The molecule has 0 aliphatic carbocycles. The lowest BCUT2D eigenvalue weighted by atomic mass is 9.83. The van der Waals surface area contributed by atoms with Gasteiger partial charge in [0, 0.05) is 55.1 Å². The third-order valence-corrected chi connectivity index (χ3v) is 5.52. The predicted octanol–water partition coefficient (Wildman–Crippen LogP) is 2.10. The number of nitrogens with one attached hydrogen (secondary N) is 1. The first kappa shape index (κ1) is 18.2. The number of anilines is 2. The van der Waals surface area contributed by atoms with Gasteiger partial charge in [0.2, 0.25) is 0 Å². The van der Waals surface area contributed by atoms with Gasteiger partial charge in [0.25, 0.3) is 5.56 Å². The number of ether oxygens (including phenoxy) is 2. The summed E-state index contributed by atoms with van der Waals surface area (Å²) in [6.45, 7) is 1.75. The number of nitrogens with zero attached hydrogens (tertiary/aromatic N) is 2. The molecular weight excluding hydrogens is 360 g/mol. The van der Waals surface area contributed by atoms with E-state index in [1.807, 2.05) is 11.0 Å². The van der Waals surface area contributed by atoms with E-state index in [1.54, 1.807) is 43.1 Å². The van der Waals surface area contributed by atoms with E-state index in [2.05, 4.69) is 5.32 Å². The molecule has 1 saturated heterocycles. The minimum absolute atomic E-state index is 0.131. The fourth-order valence-corrected chi connectivity index (χ4v) is 4.21. The zero-order chi connectivity index (χ0) is 19.8. The maximum Gasteiger partial charge on any atom is 0.321 e. The number of nitrogens with two attached hydrogens (primary N) is 1. The lowest BCUT2D eigenvalue weighted by molar-refractivity contribution is 0.139. The molecule has 8 nitrogen and oxygen atoms in total. The van der Waals surface area contributed by atoms with Gasteiger partial charge in [-0.05, 0) is 24.5 Å². The van der Waals surface area contributed by atoms with E-state index in [1.165, 1.54) is 0 Å². The largest absolute Gasteiger partial charge is 0.497 e. The van der Waals surface area contributed by atoms with E-state index in [0.29, 0.717) is 36.8 Å². The highest BCUT2D eigenvalue weighted by atomic mass is 16.5. The van der Waals surface area contributed by atoms with E-state index >= 15 is 0 Å². The van der Waals surface area contributed by atoms with Crippen LogP contribution in [0.1, 0.15) is 18.0 Å². The summed E-state index contributed by atoms with van der Waals surface area (Å²) >= 11 is 0. The van der Waals surface area contributed by atoms with E-state index in [-0.39, 0.29) is 29.1 Å². The molecular formula is C20H24N4O4. The Morgan fingerprint density at radius 1 is 1.11 bits per heavy atom. The van der Waals surface area contributed by atoms with Crippen molar-refractivity contribution in [1.82, 2.24) is 9.47 Å². The molecule has 2 amide bonds. The Balaban J connectivity index is 1.53. The van der Waals surface area contributed by atoms with Gasteiger partial charge >= 0.3 is 6.03 Å². The highest BCUT2D eigenvalue weighted by Gasteiger charge is 2.36. The maximum absolute atomic E-state index is 12.9. The molecule has 8 heteroatoms. The number of carbonyl (C=O) groups excluding carboxylic acids is 1. The summed E-state index contributed by atoms with van der Waals surface area (Å²) in [7, 11) is 3.14. The number of methoxy groups -OCH3 is 2. The molecule has 0 spiro atoms. The fraction of sp³-hybridized carbons (Fsp3) is 0.400. The number of pyridine rings is 1. The highest BCUT2D eigenvalue weighted by molar-refractivity contribution is 5.90. The second kappa shape index (κ2) is 7.10. The molecule has 1 aromatic carbocycles. The van der Waals surface area contributed by atoms with Crippen molar-refractivity contribution in [3.05, 3.63) is 46.4 Å². The van der Waals surface area contributed by atoms with Crippen molar-refractivity contribution in [3.63, 3.8) is 0 Å². The zero-order valence-corrected chi connectivity index (χ0v) is 16.0. The van der Waals surface area contributed by atoms with Crippen molar-refractivity contribution in [2.24, 2.45) is 5.92 Å². The van der Waals surface area contributed by atoms with E-state index in [0.717, 1.165) is 12.1 Å². The molecule has 2 aliphatic rings. The summed E-state index contributed by atoms with van der Waals surface area (Å²) in [5, 5.41) is 2.93. The lowest BCUT2D eigenvalue weighted by Crippen LogP contribution is -2.50. The number of hydrogen-bond acceptors (Lipinski definition) is 5. The van der Waals surface area contributed by atoms with Crippen molar-refractivity contribution in [1.29, 1.82) is 0 Å². The van der Waals surface area contributed by atoms with Crippen LogP contribution in [0.4, 0.5) is 16.2 Å². The van der Waals surface area contributed by atoms with E-state index < -0.39 is 0 Å². The van der Waals surface area contributed by atoms with Crippen LogP contribution in [-0.4, -0.2) is 42.8 Å². The molecule has 2 atom stereocenters. The molecule has 28 heavy (non-hydrogen) atoms. The van der Waals surface area contributed by atoms with Gasteiger partial charge in [0.1, 0.15) is 11.5 Å². The van der Waals surface area contributed by atoms with Crippen molar-refractivity contribution in [2.75, 3.05) is 38.4 Å². The molecule has 2 unspecified atom stereocenters. The Bertz CT molecular complexity index is 949. The number of nitrogen functional groups attached to an aromatic ring is 1. The van der Waals surface area contributed by atoms with Crippen molar-refractivity contribution >= 4 is 17.4 Å². The Morgan fingerprint density at radius 2 is 1.82 bits per heavy atom. The topological polar surface area (TPSA) is 98.8 Å². The number of carbonyl (C=O) groups is 1. The third-order valence-electron chi connectivity index (χ3n) is 5.52. The SMILES string of the molecule is COc1cc(NC(=O)N2CC3CC(C2)c2ccc(N)c(=O)n2C3)cc(OC)c1. The van der Waals surface area contributed by atoms with Crippen LogP contribution in [0.15, 0.2) is 35.1 Å². The first-order valence-corrected chi connectivity index (χ1v) is 9.26. The first-order chi connectivity index (χ1) is 13.5. The van der Waals surface area contributed by atoms with Crippen LogP contribution in [0.25, 0.3) is 0 Å². The molecule has 148 valence electrons. The zero-order valence-electron chi connectivity index (χ0n) is 16.0. The van der Waals surface area contributed by atoms with Crippen molar-refractivity contribution in [2.45, 2.75) is 18.9 Å². The Morgan fingerprint density at radius 3 is 2.50 bits per heavy atom. The van der Waals surface area contributed by atoms with Crippen LogP contribution < -0.4 is 26.1 Å². The number of rotatable bonds is 3. The average Bonchev–Trinajstić information content (AvgIpc) is 2.70. The Kier molecular flexibility index (Phi) is 4.62. The average molecular weight is 384 g/mol. The highest BCUT2D eigenvalue weighted by Crippen LogP contribution is 2.35. The summed E-state index contributed by atoms with van der Waals surface area (Å²) < 4.78 is 12.3. The number of aromatic nitrogens is 1. The van der Waals surface area contributed by atoms with Crippen LogP contribution >= 0.6 is 0 Å². The van der Waals surface area contributed by atoms with Crippen LogP contribution in [-0.2, 0) is 6.54 Å². The summed E-state index contributed by atoms with van der Waals surface area (Å²) in [5.41, 5.74) is 7.48. The molecule has 2 bridgehead atoms. The summed E-state index contributed by atoms with van der Waals surface area (Å²) in [6.07, 6.45) is 0.972. The van der Waals surface area contributed by atoms with Gasteiger partial charge in [-0.15, -0.1) is 0 Å². The van der Waals surface area contributed by atoms with Gasteiger partial charge in [-0.2, -0.15) is 0 Å². The molecule has 1 fully saturated rings. The monoisotopic (exact) mass is 384 g/mol. The second-order valence-electron chi connectivity index (χ2n) is 7.36. The van der Waals surface area contributed by atoms with Crippen molar-refractivity contribution in [3.8, 4) is 11.5 Å². The lowest BCUT2D eigenvalue weighted by Gasteiger charge is -2.42. The van der Waals surface area contributed by atoms with Crippen LogP contribution in [0, 0.1) is 5.92 Å². The maximum atomic E-state index is 12.9. The van der Waals surface area contributed by atoms with Gasteiger partial charge in [-0.1, -0.05) is 0 Å². The minimum Gasteiger partial charge on any atom is -0.497 e. The van der Waals surface area contributed by atoms with E-state index in [9.17, 15) is 9.59 Å². The Labute approximate surface area is 162 Å². The van der Waals surface area contributed by atoms with Crippen LogP contribution in [0.2, 0.25) is 0 Å². The molecule has 3 N–H and O–H groups in total. The van der Waals surface area contributed by atoms with Crippen molar-refractivity contribution < 1.29 is 14.3 Å². The summed E-state index contributed by atoms with van der Waals surface area (Å²) in [5.74, 6) is 1.58. The first-order valence-electron chi connectivity index (χ1n) is 9.26. The molecule has 3 heterocycles. The number of benzene rings is 1. The normalized spacial score (nSPS) is 20.3. The van der Waals surface area contributed by atoms with E-state index in [4.69, 9.17) is 15.2 Å². The predicted molar refractivity (Wildman–Crippen MR) is 106 cm³/mol. The number of amides is 2.